The number of anilines is 1. The van der Waals surface area contributed by atoms with Gasteiger partial charge in [0.25, 0.3) is 5.69 Å². The van der Waals surface area contributed by atoms with Gasteiger partial charge in [-0.1, -0.05) is 6.92 Å². The van der Waals surface area contributed by atoms with Gasteiger partial charge in [0.05, 0.1) is 22.1 Å². The lowest BCUT2D eigenvalue weighted by atomic mass is 9.88. The van der Waals surface area contributed by atoms with Crippen LogP contribution in [-0.2, 0) is 10.0 Å². The topological polar surface area (TPSA) is 114 Å². The van der Waals surface area contributed by atoms with Crippen LogP contribution in [0.3, 0.4) is 0 Å². The van der Waals surface area contributed by atoms with Crippen molar-refractivity contribution < 1.29 is 17.8 Å². The Morgan fingerprint density at radius 1 is 1.21 bits per heavy atom. The van der Waals surface area contributed by atoms with Crippen LogP contribution in [-0.4, -0.2) is 19.4 Å². The molecule has 0 saturated heterocycles. The minimum atomic E-state index is -3.82. The van der Waals surface area contributed by atoms with Crippen molar-refractivity contribution in [3.8, 4) is 0 Å². The molecule has 1 saturated carbocycles. The summed E-state index contributed by atoms with van der Waals surface area (Å²) in [5.74, 6) is 1.22. The number of benzene rings is 1. The fourth-order valence-electron chi connectivity index (χ4n) is 3.46. The summed E-state index contributed by atoms with van der Waals surface area (Å²) in [6.07, 6.45) is 5.03. The number of furan rings is 1. The number of nitrogens with zero attached hydrogens (tertiary/aromatic N) is 1. The monoisotopic (exact) mass is 407 g/mol. The second-order valence-corrected chi connectivity index (χ2v) is 9.11. The van der Waals surface area contributed by atoms with Gasteiger partial charge in [-0.05, 0) is 62.8 Å². The Bertz CT molecular complexity index is 919. The predicted octanol–water partition coefficient (Wildman–Crippen LogP) is 4.22. The van der Waals surface area contributed by atoms with Gasteiger partial charge in [0, 0.05) is 12.1 Å². The molecule has 28 heavy (non-hydrogen) atoms. The van der Waals surface area contributed by atoms with E-state index in [-0.39, 0.29) is 28.4 Å². The molecule has 2 N–H and O–H groups in total. The normalized spacial score (nSPS) is 21.2. The smallest absolute Gasteiger partial charge is 0.293 e. The molecule has 1 fully saturated rings. The zero-order valence-electron chi connectivity index (χ0n) is 15.9. The van der Waals surface area contributed by atoms with Crippen molar-refractivity contribution in [1.82, 2.24) is 4.72 Å². The first-order valence-electron chi connectivity index (χ1n) is 9.37. The zero-order valence-corrected chi connectivity index (χ0v) is 16.7. The predicted molar refractivity (Wildman–Crippen MR) is 106 cm³/mol. The Morgan fingerprint density at radius 2 is 1.93 bits per heavy atom. The number of rotatable bonds is 7. The maximum atomic E-state index is 12.7. The molecule has 1 aliphatic rings. The molecule has 0 aliphatic heterocycles. The van der Waals surface area contributed by atoms with Crippen molar-refractivity contribution in [3.05, 3.63) is 52.5 Å². The number of hydrogen-bond donors (Lipinski definition) is 2. The van der Waals surface area contributed by atoms with Gasteiger partial charge in [-0.3, -0.25) is 10.1 Å². The Kier molecular flexibility index (Phi) is 6.04. The molecule has 1 aromatic heterocycles. The number of sulfonamides is 1. The molecule has 9 heteroatoms. The lowest BCUT2D eigenvalue weighted by Gasteiger charge is -2.26. The van der Waals surface area contributed by atoms with Gasteiger partial charge in [-0.25, -0.2) is 13.1 Å². The molecule has 152 valence electrons. The molecule has 3 rings (SSSR count). The van der Waals surface area contributed by atoms with E-state index in [2.05, 4.69) is 17.0 Å². The first-order valence-corrected chi connectivity index (χ1v) is 10.9. The van der Waals surface area contributed by atoms with Crippen LogP contribution in [0.5, 0.6) is 0 Å². The molecule has 1 atom stereocenters. The summed E-state index contributed by atoms with van der Waals surface area (Å²) >= 11 is 0. The fraction of sp³-hybridized carbons (Fsp3) is 0.474. The van der Waals surface area contributed by atoms with Crippen LogP contribution in [0.15, 0.2) is 45.9 Å². The van der Waals surface area contributed by atoms with Crippen molar-refractivity contribution >= 4 is 21.4 Å². The SMILES string of the molecule is CC1CCC(NS(=O)(=O)c2ccc(N[C@H](C)c3ccco3)c([N+](=O)[O-])c2)CC1. The van der Waals surface area contributed by atoms with Gasteiger partial charge in [-0.15, -0.1) is 0 Å². The van der Waals surface area contributed by atoms with E-state index >= 15 is 0 Å². The molecule has 0 spiro atoms. The Morgan fingerprint density at radius 3 is 2.54 bits per heavy atom. The standard InChI is InChI=1S/C19H25N3O5S/c1-13-5-7-15(8-6-13)21-28(25,26)16-9-10-17(18(12-16)22(23)24)20-14(2)19-4-3-11-27-19/h3-4,9-15,20-21H,5-8H2,1-2H3/t13?,14-,15?/m1/s1. The highest BCUT2D eigenvalue weighted by molar-refractivity contribution is 7.89. The molecule has 0 unspecified atom stereocenters. The van der Waals surface area contributed by atoms with Gasteiger partial charge < -0.3 is 9.73 Å². The Balaban J connectivity index is 1.80. The number of nitro benzene ring substituents is 1. The van der Waals surface area contributed by atoms with E-state index in [0.29, 0.717) is 11.7 Å². The third-order valence-electron chi connectivity index (χ3n) is 5.16. The first-order chi connectivity index (χ1) is 13.3. The van der Waals surface area contributed by atoms with Crippen molar-refractivity contribution in [2.45, 2.75) is 56.5 Å². The van der Waals surface area contributed by atoms with Gasteiger partial charge in [0.1, 0.15) is 11.4 Å². The van der Waals surface area contributed by atoms with Crippen LogP contribution in [0.1, 0.15) is 51.3 Å². The molecule has 0 radical (unpaired) electrons. The summed E-state index contributed by atoms with van der Waals surface area (Å²) in [7, 11) is -3.82. The van der Waals surface area contributed by atoms with E-state index in [1.807, 2.05) is 0 Å². The molecule has 1 aromatic carbocycles. The third kappa shape index (κ3) is 4.71. The van der Waals surface area contributed by atoms with Crippen molar-refractivity contribution in [1.29, 1.82) is 0 Å². The van der Waals surface area contributed by atoms with E-state index in [9.17, 15) is 18.5 Å². The van der Waals surface area contributed by atoms with Crippen LogP contribution >= 0.6 is 0 Å². The molecule has 8 nitrogen and oxygen atoms in total. The average molecular weight is 407 g/mol. The van der Waals surface area contributed by atoms with Crippen LogP contribution < -0.4 is 10.0 Å². The molecular weight excluding hydrogens is 382 g/mol. The van der Waals surface area contributed by atoms with E-state index in [0.717, 1.165) is 31.7 Å². The zero-order chi connectivity index (χ0) is 20.3. The molecule has 0 amide bonds. The highest BCUT2D eigenvalue weighted by Crippen LogP contribution is 2.31. The average Bonchev–Trinajstić information content (AvgIpc) is 3.18. The summed E-state index contributed by atoms with van der Waals surface area (Å²) < 4.78 is 33.4. The summed E-state index contributed by atoms with van der Waals surface area (Å²) in [6.45, 7) is 3.96. The summed E-state index contributed by atoms with van der Waals surface area (Å²) in [4.78, 5) is 10.8. The summed E-state index contributed by atoms with van der Waals surface area (Å²) in [5, 5.41) is 14.5. The lowest BCUT2D eigenvalue weighted by Crippen LogP contribution is -2.37. The van der Waals surface area contributed by atoms with Crippen LogP contribution in [0, 0.1) is 16.0 Å². The molecule has 1 heterocycles. The largest absolute Gasteiger partial charge is 0.467 e. The quantitative estimate of drug-likeness (QED) is 0.525. The van der Waals surface area contributed by atoms with E-state index in [1.165, 1.54) is 18.4 Å². The van der Waals surface area contributed by atoms with Crippen molar-refractivity contribution in [2.24, 2.45) is 5.92 Å². The highest BCUT2D eigenvalue weighted by atomic mass is 32.2. The van der Waals surface area contributed by atoms with Crippen molar-refractivity contribution in [3.63, 3.8) is 0 Å². The lowest BCUT2D eigenvalue weighted by molar-refractivity contribution is -0.384. The third-order valence-corrected chi connectivity index (χ3v) is 6.67. The van der Waals surface area contributed by atoms with Crippen molar-refractivity contribution in [2.75, 3.05) is 5.32 Å². The summed E-state index contributed by atoms with van der Waals surface area (Å²) in [5.41, 5.74) is -0.0575. The minimum Gasteiger partial charge on any atom is -0.467 e. The van der Waals surface area contributed by atoms with Gasteiger partial charge >= 0.3 is 0 Å². The minimum absolute atomic E-state index is 0.103. The van der Waals surface area contributed by atoms with Crippen LogP contribution in [0.25, 0.3) is 0 Å². The van der Waals surface area contributed by atoms with E-state index < -0.39 is 14.9 Å². The van der Waals surface area contributed by atoms with Gasteiger partial charge in [0.15, 0.2) is 0 Å². The number of nitro groups is 1. The van der Waals surface area contributed by atoms with Crippen LogP contribution in [0.2, 0.25) is 0 Å². The number of nitrogens with one attached hydrogen (secondary N) is 2. The van der Waals surface area contributed by atoms with Crippen LogP contribution in [0.4, 0.5) is 11.4 Å². The Hall–Kier alpha value is -2.39. The number of hydrogen-bond acceptors (Lipinski definition) is 6. The molecule has 0 bridgehead atoms. The molecule has 2 aromatic rings. The second-order valence-electron chi connectivity index (χ2n) is 7.40. The van der Waals surface area contributed by atoms with Gasteiger partial charge in [0.2, 0.25) is 10.0 Å². The van der Waals surface area contributed by atoms with E-state index in [4.69, 9.17) is 4.42 Å². The maximum absolute atomic E-state index is 12.7. The molecule has 1 aliphatic carbocycles. The van der Waals surface area contributed by atoms with E-state index in [1.54, 1.807) is 19.1 Å². The molecular formula is C19H25N3O5S. The van der Waals surface area contributed by atoms with Gasteiger partial charge in [-0.2, -0.15) is 0 Å². The highest BCUT2D eigenvalue weighted by Gasteiger charge is 2.27. The fourth-order valence-corrected chi connectivity index (χ4v) is 4.78. The maximum Gasteiger partial charge on any atom is 0.293 e. The first kappa shape index (κ1) is 20.3. The second kappa shape index (κ2) is 8.32. The Labute approximate surface area is 164 Å². The summed E-state index contributed by atoms with van der Waals surface area (Å²) in [6, 6.07) is 6.97.